The number of ether oxygens (including phenoxy) is 1. The Morgan fingerprint density at radius 1 is 1.21 bits per heavy atom. The van der Waals surface area contributed by atoms with Crippen molar-refractivity contribution in [2.45, 2.75) is 38.5 Å². The average molecular weight is 398 g/mol. The molecule has 0 bridgehead atoms. The lowest BCUT2D eigenvalue weighted by atomic mass is 9.90. The molecule has 0 atom stereocenters. The minimum Gasteiger partial charge on any atom is -0.485 e. The fourth-order valence-corrected chi connectivity index (χ4v) is 4.08. The third-order valence-electron chi connectivity index (χ3n) is 5.84. The van der Waals surface area contributed by atoms with E-state index < -0.39 is 16.9 Å². The number of fused-ring (bicyclic) bond motifs is 1. The van der Waals surface area contributed by atoms with Crippen molar-refractivity contribution in [3.05, 3.63) is 62.4 Å². The monoisotopic (exact) mass is 398 g/mol. The number of carbonyl (C=O) groups excluding carboxylic acids is 1. The lowest BCUT2D eigenvalue weighted by molar-refractivity contribution is -0.135. The van der Waals surface area contributed by atoms with Gasteiger partial charge in [-0.2, -0.15) is 0 Å². The van der Waals surface area contributed by atoms with Crippen LogP contribution >= 0.6 is 0 Å². The highest BCUT2D eigenvalue weighted by Crippen LogP contribution is 2.35. The Labute approximate surface area is 168 Å². The third kappa shape index (κ3) is 4.12. The van der Waals surface area contributed by atoms with E-state index in [1.54, 1.807) is 4.90 Å². The molecule has 8 heteroatoms. The van der Waals surface area contributed by atoms with E-state index in [1.807, 2.05) is 19.1 Å². The van der Waals surface area contributed by atoms with E-state index >= 15 is 0 Å². The zero-order valence-corrected chi connectivity index (χ0v) is 16.8. The minimum atomic E-state index is -0.581. The number of piperidine rings is 1. The molecule has 1 aromatic carbocycles. The summed E-state index contributed by atoms with van der Waals surface area (Å²) in [4.78, 5) is 42.7. The summed E-state index contributed by atoms with van der Waals surface area (Å²) in [5, 5.41) is 0. The number of aryl methyl sites for hydroxylation is 1. The average Bonchev–Trinajstić information content (AvgIpc) is 2.83. The van der Waals surface area contributed by atoms with Gasteiger partial charge < -0.3 is 14.5 Å². The molecule has 2 aliphatic rings. The van der Waals surface area contributed by atoms with Gasteiger partial charge in [0.25, 0.3) is 5.56 Å². The summed E-state index contributed by atoms with van der Waals surface area (Å²) in [7, 11) is 2.09. The van der Waals surface area contributed by atoms with Gasteiger partial charge in [-0.15, -0.1) is 0 Å². The molecule has 1 fully saturated rings. The number of rotatable bonds is 2. The lowest BCUT2D eigenvalue weighted by Crippen LogP contribution is -2.54. The number of aromatic amines is 1. The van der Waals surface area contributed by atoms with Gasteiger partial charge >= 0.3 is 5.69 Å². The summed E-state index contributed by atoms with van der Waals surface area (Å²) >= 11 is 0. The Morgan fingerprint density at radius 3 is 2.69 bits per heavy atom. The number of benzene rings is 1. The smallest absolute Gasteiger partial charge is 0.328 e. The van der Waals surface area contributed by atoms with Crippen molar-refractivity contribution in [2.75, 3.05) is 26.7 Å². The van der Waals surface area contributed by atoms with Crippen molar-refractivity contribution in [1.82, 2.24) is 19.4 Å². The first-order valence-corrected chi connectivity index (χ1v) is 9.88. The highest BCUT2D eigenvalue weighted by Gasteiger charge is 2.41. The van der Waals surface area contributed by atoms with E-state index in [2.05, 4.69) is 23.0 Å². The van der Waals surface area contributed by atoms with Crippen molar-refractivity contribution in [3.8, 4) is 5.75 Å². The van der Waals surface area contributed by atoms with Gasteiger partial charge in [0, 0.05) is 50.3 Å². The number of likely N-dealkylation sites (tertiary alicyclic amines) is 1. The van der Waals surface area contributed by atoms with Crippen LogP contribution in [0.2, 0.25) is 0 Å². The van der Waals surface area contributed by atoms with E-state index in [0.29, 0.717) is 13.1 Å². The minimum absolute atomic E-state index is 0.118. The summed E-state index contributed by atoms with van der Waals surface area (Å²) in [6.07, 6.45) is 3.02. The van der Waals surface area contributed by atoms with Gasteiger partial charge in [-0.1, -0.05) is 17.7 Å². The van der Waals surface area contributed by atoms with E-state index in [-0.39, 0.29) is 12.5 Å². The number of carbonyl (C=O) groups is 1. The van der Waals surface area contributed by atoms with Crippen LogP contribution in [0.25, 0.3) is 0 Å². The van der Waals surface area contributed by atoms with Gasteiger partial charge in [0.05, 0.1) is 6.54 Å². The Kier molecular flexibility index (Phi) is 5.04. The topological polar surface area (TPSA) is 87.6 Å². The SMILES string of the molecule is Cc1ccc2c(c1)CN(C(=O)Cn1ccc(=O)[nH]c1=O)CC1(CCN(C)CC1)O2. The van der Waals surface area contributed by atoms with Crippen molar-refractivity contribution in [1.29, 1.82) is 0 Å². The van der Waals surface area contributed by atoms with E-state index in [4.69, 9.17) is 4.74 Å². The first kappa shape index (κ1) is 19.4. The zero-order chi connectivity index (χ0) is 20.6. The molecule has 0 unspecified atom stereocenters. The van der Waals surface area contributed by atoms with Crippen molar-refractivity contribution >= 4 is 5.91 Å². The van der Waals surface area contributed by atoms with Gasteiger partial charge in [-0.3, -0.25) is 19.1 Å². The number of hydrogen-bond donors (Lipinski definition) is 1. The predicted octanol–water partition coefficient (Wildman–Crippen LogP) is 0.731. The molecule has 3 heterocycles. The van der Waals surface area contributed by atoms with Gasteiger partial charge in [-0.05, 0) is 20.0 Å². The highest BCUT2D eigenvalue weighted by atomic mass is 16.5. The summed E-state index contributed by atoms with van der Waals surface area (Å²) < 4.78 is 7.75. The summed E-state index contributed by atoms with van der Waals surface area (Å²) in [6, 6.07) is 7.32. The number of amides is 1. The maximum Gasteiger partial charge on any atom is 0.328 e. The zero-order valence-electron chi connectivity index (χ0n) is 16.8. The molecule has 1 aromatic heterocycles. The Bertz CT molecular complexity index is 1030. The van der Waals surface area contributed by atoms with Crippen molar-refractivity contribution in [2.24, 2.45) is 0 Å². The van der Waals surface area contributed by atoms with Crippen LogP contribution in [0.15, 0.2) is 40.1 Å². The van der Waals surface area contributed by atoms with Crippen LogP contribution in [0.4, 0.5) is 0 Å². The molecule has 154 valence electrons. The molecule has 1 saturated heterocycles. The first-order valence-electron chi connectivity index (χ1n) is 9.88. The number of nitrogens with zero attached hydrogens (tertiary/aromatic N) is 3. The molecule has 0 aliphatic carbocycles. The van der Waals surface area contributed by atoms with Crippen LogP contribution in [0.3, 0.4) is 0 Å². The molecule has 0 radical (unpaired) electrons. The summed E-state index contributed by atoms with van der Waals surface area (Å²) in [5.41, 5.74) is 0.594. The molecule has 1 N–H and O–H groups in total. The number of H-pyrrole nitrogens is 1. The summed E-state index contributed by atoms with van der Waals surface area (Å²) in [6.45, 7) is 4.62. The van der Waals surface area contributed by atoms with Crippen LogP contribution in [0.1, 0.15) is 24.0 Å². The van der Waals surface area contributed by atoms with Gasteiger partial charge in [-0.25, -0.2) is 4.79 Å². The second kappa shape index (κ2) is 7.51. The molecular formula is C21H26N4O4. The fourth-order valence-electron chi connectivity index (χ4n) is 4.08. The second-order valence-electron chi connectivity index (χ2n) is 8.19. The van der Waals surface area contributed by atoms with Crippen LogP contribution in [-0.4, -0.2) is 57.5 Å². The number of aromatic nitrogens is 2. The van der Waals surface area contributed by atoms with Crippen LogP contribution < -0.4 is 16.0 Å². The highest BCUT2D eigenvalue weighted by molar-refractivity contribution is 5.76. The van der Waals surface area contributed by atoms with Crippen LogP contribution in [0, 0.1) is 6.92 Å². The second-order valence-corrected chi connectivity index (χ2v) is 8.19. The van der Waals surface area contributed by atoms with Gasteiger partial charge in [0.1, 0.15) is 17.9 Å². The quantitative estimate of drug-likeness (QED) is 0.806. The van der Waals surface area contributed by atoms with Crippen LogP contribution in [0.5, 0.6) is 5.75 Å². The maximum atomic E-state index is 13.2. The van der Waals surface area contributed by atoms with Gasteiger partial charge in [0.2, 0.25) is 5.91 Å². The molecule has 0 saturated carbocycles. The fraction of sp³-hybridized carbons (Fsp3) is 0.476. The Morgan fingerprint density at radius 2 is 1.97 bits per heavy atom. The lowest BCUT2D eigenvalue weighted by Gasteiger charge is -2.41. The summed E-state index contributed by atoms with van der Waals surface area (Å²) in [5.74, 6) is 0.659. The largest absolute Gasteiger partial charge is 0.485 e. The third-order valence-corrected chi connectivity index (χ3v) is 5.84. The molecule has 1 spiro atoms. The molecule has 4 rings (SSSR count). The molecule has 8 nitrogen and oxygen atoms in total. The number of nitrogens with one attached hydrogen (secondary N) is 1. The van der Waals surface area contributed by atoms with Crippen molar-refractivity contribution in [3.63, 3.8) is 0 Å². The first-order chi connectivity index (χ1) is 13.8. The van der Waals surface area contributed by atoms with E-state index in [0.717, 1.165) is 42.8 Å². The number of hydrogen-bond acceptors (Lipinski definition) is 5. The molecule has 29 heavy (non-hydrogen) atoms. The maximum absolute atomic E-state index is 13.2. The molecule has 1 amide bonds. The molecule has 2 aromatic rings. The van der Waals surface area contributed by atoms with Gasteiger partial charge in [0.15, 0.2) is 0 Å². The van der Waals surface area contributed by atoms with E-state index in [9.17, 15) is 14.4 Å². The van der Waals surface area contributed by atoms with Crippen LogP contribution in [-0.2, 0) is 17.9 Å². The van der Waals surface area contributed by atoms with E-state index in [1.165, 1.54) is 16.8 Å². The van der Waals surface area contributed by atoms with Crippen molar-refractivity contribution < 1.29 is 9.53 Å². The predicted molar refractivity (Wildman–Crippen MR) is 108 cm³/mol. The normalized spacial score (nSPS) is 18.8. The standard InChI is InChI=1S/C21H26N4O4/c1-15-3-4-17-16(11-15)12-25(14-21(29-17)6-9-23(2)10-7-21)19(27)13-24-8-5-18(26)22-20(24)28/h3-5,8,11H,6-7,9-10,12-14H2,1-2H3,(H,22,26,28). The molecular weight excluding hydrogens is 372 g/mol. The molecule has 2 aliphatic heterocycles. The Hall–Kier alpha value is -2.87. The Balaban J connectivity index is 1.65.